The van der Waals surface area contributed by atoms with Crippen LogP contribution >= 0.6 is 0 Å². The smallest absolute Gasteiger partial charge is 0.159 e. The number of benzene rings is 1. The predicted molar refractivity (Wildman–Crippen MR) is 57.0 cm³/mol. The van der Waals surface area contributed by atoms with Gasteiger partial charge in [-0.25, -0.2) is 8.78 Å². The van der Waals surface area contributed by atoms with Crippen molar-refractivity contribution in [2.75, 3.05) is 19.7 Å². The molecule has 2 nitrogen and oxygen atoms in total. The number of halogens is 2. The van der Waals surface area contributed by atoms with Crippen LogP contribution in [0.3, 0.4) is 0 Å². The molecule has 1 heterocycles. The topological polar surface area (TPSA) is 12.5 Å². The lowest BCUT2D eigenvalue weighted by Gasteiger charge is -2.31. The van der Waals surface area contributed by atoms with Crippen molar-refractivity contribution < 1.29 is 13.5 Å². The highest BCUT2D eigenvalue weighted by Gasteiger charge is 2.16. The lowest BCUT2D eigenvalue weighted by Crippen LogP contribution is -2.40. The fourth-order valence-corrected chi connectivity index (χ4v) is 1.93. The van der Waals surface area contributed by atoms with E-state index in [1.54, 1.807) is 6.07 Å². The Bertz CT molecular complexity index is 370. The quantitative estimate of drug-likeness (QED) is 0.768. The SMILES string of the molecule is C[C@H]1CN(Cc2ccc(F)c(F)c2)CCO1. The van der Waals surface area contributed by atoms with E-state index in [0.717, 1.165) is 18.7 Å². The number of hydrogen-bond donors (Lipinski definition) is 0. The molecule has 88 valence electrons. The van der Waals surface area contributed by atoms with Crippen LogP contribution < -0.4 is 0 Å². The van der Waals surface area contributed by atoms with Crippen LogP contribution in [0.1, 0.15) is 12.5 Å². The molecule has 4 heteroatoms. The first-order valence-electron chi connectivity index (χ1n) is 5.43. The normalized spacial score (nSPS) is 22.3. The van der Waals surface area contributed by atoms with Crippen LogP contribution in [0.5, 0.6) is 0 Å². The van der Waals surface area contributed by atoms with Gasteiger partial charge in [0.25, 0.3) is 0 Å². The highest BCUT2D eigenvalue weighted by Crippen LogP contribution is 2.13. The lowest BCUT2D eigenvalue weighted by atomic mass is 10.2. The fraction of sp³-hybridized carbons (Fsp3) is 0.500. The Hall–Kier alpha value is -1.00. The first-order valence-corrected chi connectivity index (χ1v) is 5.43. The molecule has 0 radical (unpaired) electrons. The zero-order chi connectivity index (χ0) is 11.5. The fourth-order valence-electron chi connectivity index (χ4n) is 1.93. The Morgan fingerprint density at radius 2 is 2.19 bits per heavy atom. The third-order valence-corrected chi connectivity index (χ3v) is 2.72. The van der Waals surface area contributed by atoms with Gasteiger partial charge in [-0.3, -0.25) is 4.90 Å². The van der Waals surface area contributed by atoms with Crippen LogP contribution in [-0.4, -0.2) is 30.7 Å². The molecule has 16 heavy (non-hydrogen) atoms. The van der Waals surface area contributed by atoms with E-state index < -0.39 is 11.6 Å². The second kappa shape index (κ2) is 4.89. The van der Waals surface area contributed by atoms with Gasteiger partial charge in [0.2, 0.25) is 0 Å². The first-order chi connectivity index (χ1) is 7.65. The maximum Gasteiger partial charge on any atom is 0.159 e. The van der Waals surface area contributed by atoms with Crippen molar-refractivity contribution in [1.29, 1.82) is 0 Å². The lowest BCUT2D eigenvalue weighted by molar-refractivity contribution is -0.0212. The zero-order valence-electron chi connectivity index (χ0n) is 9.25. The van der Waals surface area contributed by atoms with Crippen molar-refractivity contribution >= 4 is 0 Å². The Labute approximate surface area is 93.8 Å². The van der Waals surface area contributed by atoms with Crippen molar-refractivity contribution in [3.8, 4) is 0 Å². The Morgan fingerprint density at radius 3 is 2.88 bits per heavy atom. The van der Waals surface area contributed by atoms with Crippen molar-refractivity contribution in [1.82, 2.24) is 4.90 Å². The van der Waals surface area contributed by atoms with E-state index in [1.807, 2.05) is 6.92 Å². The highest BCUT2D eigenvalue weighted by atomic mass is 19.2. The maximum absolute atomic E-state index is 13.0. The highest BCUT2D eigenvalue weighted by molar-refractivity contribution is 5.17. The van der Waals surface area contributed by atoms with Gasteiger partial charge in [-0.2, -0.15) is 0 Å². The molecule has 0 saturated carbocycles. The molecule has 1 fully saturated rings. The van der Waals surface area contributed by atoms with Gasteiger partial charge >= 0.3 is 0 Å². The van der Waals surface area contributed by atoms with Crippen molar-refractivity contribution in [3.05, 3.63) is 35.4 Å². The molecule has 0 N–H and O–H groups in total. The number of morpholine rings is 1. The number of ether oxygens (including phenoxy) is 1. The minimum atomic E-state index is -0.793. The van der Waals surface area contributed by atoms with E-state index >= 15 is 0 Å². The van der Waals surface area contributed by atoms with Gasteiger partial charge in [0.15, 0.2) is 11.6 Å². The van der Waals surface area contributed by atoms with Gasteiger partial charge < -0.3 is 4.74 Å². The van der Waals surface area contributed by atoms with Gasteiger partial charge in [-0.15, -0.1) is 0 Å². The van der Waals surface area contributed by atoms with Gasteiger partial charge in [0.05, 0.1) is 12.7 Å². The molecule has 0 unspecified atom stereocenters. The monoisotopic (exact) mass is 227 g/mol. The summed E-state index contributed by atoms with van der Waals surface area (Å²) < 4.78 is 31.1. The number of nitrogens with zero attached hydrogens (tertiary/aromatic N) is 1. The van der Waals surface area contributed by atoms with Crippen molar-refractivity contribution in [2.24, 2.45) is 0 Å². The third-order valence-electron chi connectivity index (χ3n) is 2.72. The molecule has 0 amide bonds. The van der Waals surface area contributed by atoms with Gasteiger partial charge in [0, 0.05) is 19.6 Å². The zero-order valence-corrected chi connectivity index (χ0v) is 9.25. The van der Waals surface area contributed by atoms with E-state index in [9.17, 15) is 8.78 Å². The van der Waals surface area contributed by atoms with Crippen LogP contribution in [0.4, 0.5) is 8.78 Å². The van der Waals surface area contributed by atoms with Gasteiger partial charge in [-0.05, 0) is 24.6 Å². The van der Waals surface area contributed by atoms with E-state index in [-0.39, 0.29) is 6.10 Å². The number of rotatable bonds is 2. The molecule has 0 bridgehead atoms. The summed E-state index contributed by atoms with van der Waals surface area (Å²) >= 11 is 0. The number of hydrogen-bond acceptors (Lipinski definition) is 2. The summed E-state index contributed by atoms with van der Waals surface area (Å²) in [6.07, 6.45) is 0.207. The maximum atomic E-state index is 13.0. The first kappa shape index (κ1) is 11.5. The Balaban J connectivity index is 2.00. The van der Waals surface area contributed by atoms with E-state index in [0.29, 0.717) is 13.2 Å². The average molecular weight is 227 g/mol. The van der Waals surface area contributed by atoms with Crippen LogP contribution in [-0.2, 0) is 11.3 Å². The molecular formula is C12H15F2NO. The summed E-state index contributed by atoms with van der Waals surface area (Å²) in [5.41, 5.74) is 0.799. The molecule has 0 spiro atoms. The molecule has 0 aromatic heterocycles. The van der Waals surface area contributed by atoms with Gasteiger partial charge in [0.1, 0.15) is 0 Å². The van der Waals surface area contributed by atoms with E-state index in [4.69, 9.17) is 4.74 Å². The summed E-state index contributed by atoms with van der Waals surface area (Å²) in [4.78, 5) is 2.18. The molecule has 1 aliphatic rings. The molecule has 0 aliphatic carbocycles. The molecular weight excluding hydrogens is 212 g/mol. The molecule has 2 rings (SSSR count). The largest absolute Gasteiger partial charge is 0.376 e. The van der Waals surface area contributed by atoms with Crippen LogP contribution in [0.15, 0.2) is 18.2 Å². The summed E-state index contributed by atoms with van der Waals surface area (Å²) in [6, 6.07) is 4.06. The minimum Gasteiger partial charge on any atom is -0.376 e. The van der Waals surface area contributed by atoms with Gasteiger partial charge in [-0.1, -0.05) is 6.07 Å². The van der Waals surface area contributed by atoms with Crippen molar-refractivity contribution in [3.63, 3.8) is 0 Å². The second-order valence-electron chi connectivity index (χ2n) is 4.16. The predicted octanol–water partition coefficient (Wildman–Crippen LogP) is 2.19. The summed E-state index contributed by atoms with van der Waals surface area (Å²) in [5, 5.41) is 0. The third kappa shape index (κ3) is 2.77. The van der Waals surface area contributed by atoms with Crippen molar-refractivity contribution in [2.45, 2.75) is 19.6 Å². The summed E-state index contributed by atoms with van der Waals surface area (Å²) in [7, 11) is 0. The molecule has 1 aromatic rings. The van der Waals surface area contributed by atoms with E-state index in [1.165, 1.54) is 12.1 Å². The van der Waals surface area contributed by atoms with Crippen LogP contribution in [0, 0.1) is 11.6 Å². The van der Waals surface area contributed by atoms with Crippen LogP contribution in [0.25, 0.3) is 0 Å². The average Bonchev–Trinajstić information content (AvgIpc) is 2.24. The second-order valence-corrected chi connectivity index (χ2v) is 4.16. The summed E-state index contributed by atoms with van der Waals surface area (Å²) in [5.74, 6) is -1.57. The molecule has 1 aliphatic heterocycles. The minimum absolute atomic E-state index is 0.207. The van der Waals surface area contributed by atoms with Crippen LogP contribution in [0.2, 0.25) is 0 Å². The summed E-state index contributed by atoms with van der Waals surface area (Å²) in [6.45, 7) is 5.02. The Morgan fingerprint density at radius 1 is 1.38 bits per heavy atom. The standard InChI is InChI=1S/C12H15F2NO/c1-9-7-15(4-5-16-9)8-10-2-3-11(13)12(14)6-10/h2-3,6,9H,4-5,7-8H2,1H3/t9-/m0/s1. The molecule has 1 aromatic carbocycles. The molecule has 1 saturated heterocycles. The van der Waals surface area contributed by atoms with E-state index in [2.05, 4.69) is 4.90 Å². The molecule has 1 atom stereocenters. The Kier molecular flexibility index (Phi) is 3.51.